The molecule has 0 aromatic rings. The summed E-state index contributed by atoms with van der Waals surface area (Å²) in [4.78, 5) is 11.9. The minimum Gasteiger partial charge on any atom is -0.465 e. The number of hydrogen-bond donors (Lipinski definition) is 1. The summed E-state index contributed by atoms with van der Waals surface area (Å²) in [5, 5.41) is 10.8. The van der Waals surface area contributed by atoms with Crippen LogP contribution in [0.4, 0.5) is 0 Å². The zero-order chi connectivity index (χ0) is 12.4. The van der Waals surface area contributed by atoms with Crippen LogP contribution in [0.3, 0.4) is 0 Å². The van der Waals surface area contributed by atoms with E-state index >= 15 is 0 Å². The van der Waals surface area contributed by atoms with Crippen LogP contribution in [0.5, 0.6) is 0 Å². The van der Waals surface area contributed by atoms with Gasteiger partial charge in [-0.1, -0.05) is 19.8 Å². The molecule has 0 aromatic carbocycles. The van der Waals surface area contributed by atoms with Crippen LogP contribution in [0.25, 0.3) is 0 Å². The zero-order valence-corrected chi connectivity index (χ0v) is 10.9. The van der Waals surface area contributed by atoms with Gasteiger partial charge in [-0.25, -0.2) is 0 Å². The summed E-state index contributed by atoms with van der Waals surface area (Å²) in [6.45, 7) is 7.85. The first-order valence-corrected chi connectivity index (χ1v) is 6.29. The smallest absolute Gasteiger partial charge is 0.314 e. The summed E-state index contributed by atoms with van der Waals surface area (Å²) in [5.74, 6) is -0.0650. The molecule has 0 aliphatic heterocycles. The van der Waals surface area contributed by atoms with E-state index in [1.165, 1.54) is 0 Å². The summed E-state index contributed by atoms with van der Waals surface area (Å²) in [7, 11) is 0. The molecule has 1 aliphatic carbocycles. The van der Waals surface area contributed by atoms with Crippen LogP contribution in [0.2, 0.25) is 0 Å². The topological polar surface area (TPSA) is 46.5 Å². The number of aliphatic hydroxyl groups is 1. The number of hydrogen-bond acceptors (Lipinski definition) is 3. The number of esters is 1. The molecule has 1 aliphatic rings. The van der Waals surface area contributed by atoms with Crippen molar-refractivity contribution in [3.63, 3.8) is 0 Å². The van der Waals surface area contributed by atoms with Crippen LogP contribution >= 0.6 is 0 Å². The fourth-order valence-electron chi connectivity index (χ4n) is 2.91. The number of carbonyl (C=O) groups is 1. The normalized spacial score (nSPS) is 30.4. The van der Waals surface area contributed by atoms with E-state index in [0.717, 1.165) is 19.3 Å². The molecule has 1 saturated carbocycles. The monoisotopic (exact) mass is 228 g/mol. The van der Waals surface area contributed by atoms with E-state index < -0.39 is 11.0 Å². The van der Waals surface area contributed by atoms with Gasteiger partial charge in [-0.2, -0.15) is 0 Å². The molecular weight excluding hydrogens is 204 g/mol. The van der Waals surface area contributed by atoms with Crippen molar-refractivity contribution in [2.24, 2.45) is 11.3 Å². The Bertz CT molecular complexity index is 260. The fourth-order valence-corrected chi connectivity index (χ4v) is 2.91. The van der Waals surface area contributed by atoms with Crippen LogP contribution in [0.1, 0.15) is 53.4 Å². The third-order valence-electron chi connectivity index (χ3n) is 4.15. The lowest BCUT2D eigenvalue weighted by molar-refractivity contribution is -0.176. The third-order valence-corrected chi connectivity index (χ3v) is 4.15. The summed E-state index contributed by atoms with van der Waals surface area (Å²) in [6.07, 6.45) is 3.63. The van der Waals surface area contributed by atoms with Crippen LogP contribution < -0.4 is 0 Å². The maximum absolute atomic E-state index is 11.9. The molecule has 0 spiro atoms. The highest BCUT2D eigenvalue weighted by molar-refractivity contribution is 5.77. The molecule has 1 fully saturated rings. The van der Waals surface area contributed by atoms with Gasteiger partial charge >= 0.3 is 5.97 Å². The van der Waals surface area contributed by atoms with E-state index in [1.54, 1.807) is 20.8 Å². The molecule has 0 saturated heterocycles. The zero-order valence-electron chi connectivity index (χ0n) is 10.9. The van der Waals surface area contributed by atoms with Gasteiger partial charge < -0.3 is 9.84 Å². The molecule has 3 heteroatoms. The molecular formula is C13H24O3. The van der Waals surface area contributed by atoms with Crippen LogP contribution in [0, 0.1) is 11.3 Å². The number of ether oxygens (including phenoxy) is 1. The number of rotatable bonds is 4. The van der Waals surface area contributed by atoms with Gasteiger partial charge in [-0.05, 0) is 39.5 Å². The van der Waals surface area contributed by atoms with E-state index in [-0.39, 0.29) is 11.9 Å². The Morgan fingerprint density at radius 1 is 1.50 bits per heavy atom. The van der Waals surface area contributed by atoms with Crippen molar-refractivity contribution in [2.45, 2.75) is 59.0 Å². The molecule has 1 rings (SSSR count). The van der Waals surface area contributed by atoms with Crippen molar-refractivity contribution < 1.29 is 14.6 Å². The molecule has 94 valence electrons. The lowest BCUT2D eigenvalue weighted by atomic mass is 9.68. The molecule has 0 amide bonds. The molecule has 3 nitrogen and oxygen atoms in total. The second-order valence-corrected chi connectivity index (χ2v) is 5.27. The van der Waals surface area contributed by atoms with Gasteiger partial charge in [0, 0.05) is 0 Å². The third kappa shape index (κ3) is 1.97. The highest BCUT2D eigenvalue weighted by Gasteiger charge is 2.55. The lowest BCUT2D eigenvalue weighted by Crippen LogP contribution is -2.52. The maximum atomic E-state index is 11.9. The second kappa shape index (κ2) is 4.74. The highest BCUT2D eigenvalue weighted by Crippen LogP contribution is 2.49. The van der Waals surface area contributed by atoms with E-state index in [1.807, 2.05) is 0 Å². The van der Waals surface area contributed by atoms with E-state index in [0.29, 0.717) is 13.0 Å². The van der Waals surface area contributed by atoms with Crippen LogP contribution in [-0.2, 0) is 9.53 Å². The SMILES string of the molecule is CCOC(=O)C(C)(C)C1(O)CCCC1CC. The predicted octanol–water partition coefficient (Wildman–Crippen LogP) is 2.52. The van der Waals surface area contributed by atoms with Gasteiger partial charge in [0.05, 0.1) is 17.6 Å². The molecule has 1 N–H and O–H groups in total. The average molecular weight is 228 g/mol. The van der Waals surface area contributed by atoms with Crippen molar-refractivity contribution in [1.82, 2.24) is 0 Å². The fraction of sp³-hybridized carbons (Fsp3) is 0.923. The molecule has 0 heterocycles. The van der Waals surface area contributed by atoms with E-state index in [9.17, 15) is 9.90 Å². The Labute approximate surface area is 98.2 Å². The molecule has 16 heavy (non-hydrogen) atoms. The first-order chi connectivity index (χ1) is 7.40. The quantitative estimate of drug-likeness (QED) is 0.752. The van der Waals surface area contributed by atoms with Gasteiger partial charge in [0.25, 0.3) is 0 Å². The van der Waals surface area contributed by atoms with Crippen molar-refractivity contribution in [2.75, 3.05) is 6.61 Å². The van der Waals surface area contributed by atoms with Gasteiger partial charge in [-0.3, -0.25) is 4.79 Å². The van der Waals surface area contributed by atoms with Gasteiger partial charge in [-0.15, -0.1) is 0 Å². The van der Waals surface area contributed by atoms with E-state index in [2.05, 4.69) is 6.92 Å². The highest BCUT2D eigenvalue weighted by atomic mass is 16.5. The summed E-state index contributed by atoms with van der Waals surface area (Å²) < 4.78 is 5.08. The Balaban J connectivity index is 2.92. The largest absolute Gasteiger partial charge is 0.465 e. The summed E-state index contributed by atoms with van der Waals surface area (Å²) in [6, 6.07) is 0. The minimum absolute atomic E-state index is 0.215. The molecule has 0 bridgehead atoms. The standard InChI is InChI=1S/C13H24O3/c1-5-10-8-7-9-13(10,15)12(3,4)11(14)16-6-2/h10,15H,5-9H2,1-4H3. The Morgan fingerprint density at radius 3 is 2.62 bits per heavy atom. The Morgan fingerprint density at radius 2 is 2.12 bits per heavy atom. The molecule has 2 unspecified atom stereocenters. The van der Waals surface area contributed by atoms with Crippen molar-refractivity contribution in [3.05, 3.63) is 0 Å². The average Bonchev–Trinajstić information content (AvgIpc) is 2.61. The Kier molecular flexibility index (Phi) is 4.00. The first kappa shape index (κ1) is 13.5. The lowest BCUT2D eigenvalue weighted by Gasteiger charge is -2.42. The minimum atomic E-state index is -0.895. The van der Waals surface area contributed by atoms with Crippen LogP contribution in [-0.4, -0.2) is 23.3 Å². The van der Waals surface area contributed by atoms with E-state index in [4.69, 9.17) is 4.74 Å². The predicted molar refractivity (Wildman–Crippen MR) is 63.0 cm³/mol. The summed E-state index contributed by atoms with van der Waals surface area (Å²) >= 11 is 0. The van der Waals surface area contributed by atoms with Crippen molar-refractivity contribution in [1.29, 1.82) is 0 Å². The first-order valence-electron chi connectivity index (χ1n) is 6.29. The van der Waals surface area contributed by atoms with Gasteiger partial charge in [0.1, 0.15) is 0 Å². The maximum Gasteiger partial charge on any atom is 0.314 e. The summed E-state index contributed by atoms with van der Waals surface area (Å²) in [5.41, 5.74) is -1.70. The molecule has 0 radical (unpaired) electrons. The van der Waals surface area contributed by atoms with Gasteiger partial charge in [0.15, 0.2) is 0 Å². The second-order valence-electron chi connectivity index (χ2n) is 5.27. The van der Waals surface area contributed by atoms with Gasteiger partial charge in [0.2, 0.25) is 0 Å². The molecule has 2 atom stereocenters. The van der Waals surface area contributed by atoms with Crippen molar-refractivity contribution in [3.8, 4) is 0 Å². The molecule has 0 aromatic heterocycles. The Hall–Kier alpha value is -0.570. The number of carbonyl (C=O) groups excluding carboxylic acids is 1. The van der Waals surface area contributed by atoms with Crippen molar-refractivity contribution >= 4 is 5.97 Å². The van der Waals surface area contributed by atoms with Crippen LogP contribution in [0.15, 0.2) is 0 Å².